The highest BCUT2D eigenvalue weighted by Gasteiger charge is 2.37. The molecule has 4 heteroatoms. The lowest BCUT2D eigenvalue weighted by atomic mass is 9.67. The normalized spacial score (nSPS) is 27.2. The number of nitriles is 1. The molecule has 1 saturated carbocycles. The fourth-order valence-corrected chi connectivity index (χ4v) is 3.80. The molecule has 19 heavy (non-hydrogen) atoms. The first-order chi connectivity index (χ1) is 9.01. The van der Waals surface area contributed by atoms with Crippen LogP contribution in [0, 0.1) is 29.6 Å². The van der Waals surface area contributed by atoms with Gasteiger partial charge in [0.05, 0.1) is 27.3 Å². The lowest BCUT2D eigenvalue weighted by Gasteiger charge is -2.35. The van der Waals surface area contributed by atoms with E-state index in [9.17, 15) is 5.26 Å². The highest BCUT2D eigenvalue weighted by molar-refractivity contribution is 9.10. The van der Waals surface area contributed by atoms with Crippen molar-refractivity contribution >= 4 is 15.9 Å². The molecule has 2 unspecified atom stereocenters. The predicted molar refractivity (Wildman–Crippen MR) is 79.6 cm³/mol. The summed E-state index contributed by atoms with van der Waals surface area (Å²) in [4.78, 5) is 0. The average Bonchev–Trinajstić information content (AvgIpc) is 2.65. The van der Waals surface area contributed by atoms with Crippen molar-refractivity contribution in [3.63, 3.8) is 0 Å². The smallest absolute Gasteiger partial charge is 0.0738 e. The fraction of sp³-hybridized carbons (Fsp3) is 0.733. The Hall–Kier alpha value is -0.820. The van der Waals surface area contributed by atoms with Crippen molar-refractivity contribution in [2.45, 2.75) is 52.4 Å². The van der Waals surface area contributed by atoms with Crippen LogP contribution in [-0.2, 0) is 13.5 Å². The van der Waals surface area contributed by atoms with Gasteiger partial charge in [0.2, 0.25) is 0 Å². The molecule has 0 bridgehead atoms. The van der Waals surface area contributed by atoms with E-state index in [0.29, 0.717) is 5.92 Å². The summed E-state index contributed by atoms with van der Waals surface area (Å²) < 4.78 is 3.00. The standard InChI is InChI=1S/C15H22BrN3/c1-4-12-6-5-7-15(8-12,10-17)9-13-14(16)11(2)18-19(13)3/h12H,4-9H2,1-3H3. The zero-order valence-corrected chi connectivity index (χ0v) is 13.6. The van der Waals surface area contributed by atoms with Gasteiger partial charge in [0.15, 0.2) is 0 Å². The van der Waals surface area contributed by atoms with Crippen molar-refractivity contribution in [2.75, 3.05) is 0 Å². The molecule has 0 radical (unpaired) electrons. The molecule has 1 fully saturated rings. The van der Waals surface area contributed by atoms with Crippen LogP contribution in [0.1, 0.15) is 50.4 Å². The summed E-state index contributed by atoms with van der Waals surface area (Å²) in [5, 5.41) is 14.2. The predicted octanol–water partition coefficient (Wildman–Crippen LogP) is 4.14. The summed E-state index contributed by atoms with van der Waals surface area (Å²) in [5.41, 5.74) is 1.98. The van der Waals surface area contributed by atoms with E-state index in [2.05, 4.69) is 34.0 Å². The first-order valence-corrected chi connectivity index (χ1v) is 7.90. The highest BCUT2D eigenvalue weighted by Crippen LogP contribution is 2.43. The van der Waals surface area contributed by atoms with Gasteiger partial charge in [-0.05, 0) is 41.6 Å². The quantitative estimate of drug-likeness (QED) is 0.838. The Balaban J connectivity index is 2.26. The van der Waals surface area contributed by atoms with Crippen molar-refractivity contribution in [2.24, 2.45) is 18.4 Å². The van der Waals surface area contributed by atoms with Gasteiger partial charge in [-0.3, -0.25) is 4.68 Å². The first-order valence-electron chi connectivity index (χ1n) is 7.10. The maximum Gasteiger partial charge on any atom is 0.0738 e. The molecule has 0 aromatic carbocycles. The van der Waals surface area contributed by atoms with Crippen molar-refractivity contribution in [1.29, 1.82) is 5.26 Å². The van der Waals surface area contributed by atoms with Gasteiger partial charge < -0.3 is 0 Å². The summed E-state index contributed by atoms with van der Waals surface area (Å²) in [6.07, 6.45) is 6.53. The van der Waals surface area contributed by atoms with E-state index in [4.69, 9.17) is 0 Å². The van der Waals surface area contributed by atoms with E-state index < -0.39 is 0 Å². The van der Waals surface area contributed by atoms with Crippen molar-refractivity contribution in [3.8, 4) is 6.07 Å². The molecule has 0 spiro atoms. The van der Waals surface area contributed by atoms with Gasteiger partial charge in [-0.15, -0.1) is 0 Å². The lowest BCUT2D eigenvalue weighted by Crippen LogP contribution is -2.30. The summed E-state index contributed by atoms with van der Waals surface area (Å²) in [6.45, 7) is 4.24. The van der Waals surface area contributed by atoms with Gasteiger partial charge in [0.25, 0.3) is 0 Å². The molecule has 2 rings (SSSR count). The Morgan fingerprint density at radius 1 is 1.58 bits per heavy atom. The molecular weight excluding hydrogens is 302 g/mol. The summed E-state index contributed by atoms with van der Waals surface area (Å²) in [5.74, 6) is 0.710. The molecule has 0 saturated heterocycles. The van der Waals surface area contributed by atoms with E-state index in [0.717, 1.165) is 35.1 Å². The van der Waals surface area contributed by atoms with Gasteiger partial charge >= 0.3 is 0 Å². The SMILES string of the molecule is CCC1CCCC(C#N)(Cc2c(Br)c(C)nn2C)C1. The monoisotopic (exact) mass is 323 g/mol. The Bertz CT molecular complexity index is 500. The number of aromatic nitrogens is 2. The molecule has 3 nitrogen and oxygen atoms in total. The van der Waals surface area contributed by atoms with Crippen LogP contribution in [0.2, 0.25) is 0 Å². The molecule has 2 atom stereocenters. The van der Waals surface area contributed by atoms with Gasteiger partial charge in [-0.2, -0.15) is 10.4 Å². The highest BCUT2D eigenvalue weighted by atomic mass is 79.9. The van der Waals surface area contributed by atoms with Crippen molar-refractivity contribution in [1.82, 2.24) is 9.78 Å². The Morgan fingerprint density at radius 3 is 2.84 bits per heavy atom. The molecule has 1 aliphatic rings. The lowest BCUT2D eigenvalue weighted by molar-refractivity contribution is 0.191. The third-order valence-corrected chi connectivity index (χ3v) is 5.56. The number of hydrogen-bond acceptors (Lipinski definition) is 2. The number of aryl methyl sites for hydroxylation is 2. The van der Waals surface area contributed by atoms with Gasteiger partial charge in [-0.1, -0.05) is 26.2 Å². The van der Waals surface area contributed by atoms with Crippen LogP contribution in [-0.4, -0.2) is 9.78 Å². The second kappa shape index (κ2) is 5.66. The van der Waals surface area contributed by atoms with Gasteiger partial charge in [0, 0.05) is 13.5 Å². The van der Waals surface area contributed by atoms with E-state index in [1.807, 2.05) is 18.7 Å². The zero-order valence-electron chi connectivity index (χ0n) is 12.0. The third-order valence-electron chi connectivity index (χ3n) is 4.53. The van der Waals surface area contributed by atoms with Crippen LogP contribution in [0.5, 0.6) is 0 Å². The second-order valence-electron chi connectivity index (χ2n) is 5.91. The van der Waals surface area contributed by atoms with Crippen molar-refractivity contribution < 1.29 is 0 Å². The molecule has 1 heterocycles. The molecule has 0 aliphatic heterocycles. The average molecular weight is 324 g/mol. The Kier molecular flexibility index (Phi) is 4.35. The molecular formula is C15H22BrN3. The molecule has 1 aliphatic carbocycles. The minimum absolute atomic E-state index is 0.193. The van der Waals surface area contributed by atoms with Gasteiger partial charge in [-0.25, -0.2) is 0 Å². The minimum Gasteiger partial charge on any atom is -0.271 e. The first kappa shape index (κ1) is 14.6. The maximum absolute atomic E-state index is 9.71. The van der Waals surface area contributed by atoms with Gasteiger partial charge in [0.1, 0.15) is 0 Å². The van der Waals surface area contributed by atoms with Crippen LogP contribution in [0.4, 0.5) is 0 Å². The van der Waals surface area contributed by atoms with E-state index in [1.54, 1.807) is 0 Å². The maximum atomic E-state index is 9.71. The van der Waals surface area contributed by atoms with Crippen LogP contribution in [0.3, 0.4) is 0 Å². The van der Waals surface area contributed by atoms with E-state index >= 15 is 0 Å². The molecule has 0 amide bonds. The zero-order chi connectivity index (χ0) is 14.0. The molecule has 1 aromatic rings. The molecule has 1 aromatic heterocycles. The summed E-state index contributed by atoms with van der Waals surface area (Å²) in [6, 6.07) is 2.63. The Morgan fingerprint density at radius 2 is 2.32 bits per heavy atom. The summed E-state index contributed by atoms with van der Waals surface area (Å²) >= 11 is 3.62. The van der Waals surface area contributed by atoms with E-state index in [-0.39, 0.29) is 5.41 Å². The summed E-state index contributed by atoms with van der Waals surface area (Å²) in [7, 11) is 1.97. The number of nitrogens with zero attached hydrogens (tertiary/aromatic N) is 3. The number of hydrogen-bond donors (Lipinski definition) is 0. The van der Waals surface area contributed by atoms with Crippen molar-refractivity contribution in [3.05, 3.63) is 15.9 Å². The molecule has 0 N–H and O–H groups in total. The van der Waals surface area contributed by atoms with Crippen LogP contribution < -0.4 is 0 Å². The largest absolute Gasteiger partial charge is 0.271 e. The van der Waals surface area contributed by atoms with Crippen LogP contribution in [0.15, 0.2) is 4.47 Å². The van der Waals surface area contributed by atoms with Crippen LogP contribution >= 0.6 is 15.9 Å². The fourth-order valence-electron chi connectivity index (χ4n) is 3.33. The van der Waals surface area contributed by atoms with E-state index in [1.165, 1.54) is 19.3 Å². The Labute approximate surface area is 124 Å². The third kappa shape index (κ3) is 2.86. The number of rotatable bonds is 3. The number of halogens is 1. The molecule has 104 valence electrons. The minimum atomic E-state index is -0.193. The second-order valence-corrected chi connectivity index (χ2v) is 6.70. The topological polar surface area (TPSA) is 41.6 Å². The van der Waals surface area contributed by atoms with Crippen LogP contribution in [0.25, 0.3) is 0 Å².